The zero-order chi connectivity index (χ0) is 10.9. The zero-order valence-corrected chi connectivity index (χ0v) is 8.57. The molecular formula is C8H10N2O3S. The monoisotopic (exact) mass is 214 g/mol. The fourth-order valence-corrected chi connectivity index (χ4v) is 2.14. The number of carbonyl (C=O) groups is 2. The van der Waals surface area contributed by atoms with Gasteiger partial charge in [-0.25, -0.2) is 4.79 Å². The molecule has 0 fully saturated rings. The van der Waals surface area contributed by atoms with Gasteiger partial charge < -0.3 is 16.2 Å². The fourth-order valence-electron chi connectivity index (χ4n) is 1.13. The van der Waals surface area contributed by atoms with Gasteiger partial charge in [0.05, 0.1) is 10.4 Å². The van der Waals surface area contributed by atoms with Gasteiger partial charge in [-0.1, -0.05) is 0 Å². The largest absolute Gasteiger partial charge is 0.478 e. The summed E-state index contributed by atoms with van der Waals surface area (Å²) in [6.07, 6.45) is 0. The van der Waals surface area contributed by atoms with Gasteiger partial charge >= 0.3 is 5.97 Å². The number of hydrogen-bond donors (Lipinski definition) is 3. The molecule has 0 aliphatic carbocycles. The van der Waals surface area contributed by atoms with E-state index < -0.39 is 5.97 Å². The van der Waals surface area contributed by atoms with Gasteiger partial charge in [-0.2, -0.15) is 0 Å². The summed E-state index contributed by atoms with van der Waals surface area (Å²) in [5.41, 5.74) is 5.93. The fraction of sp³-hybridized carbons (Fsp3) is 0.250. The predicted molar refractivity (Wildman–Crippen MR) is 53.8 cm³/mol. The summed E-state index contributed by atoms with van der Waals surface area (Å²) in [6, 6.07) is 0. The average molecular weight is 214 g/mol. The van der Waals surface area contributed by atoms with Crippen molar-refractivity contribution in [3.63, 3.8) is 0 Å². The number of nitrogens with one attached hydrogen (secondary N) is 1. The van der Waals surface area contributed by atoms with Crippen LogP contribution in [0.4, 0.5) is 5.00 Å². The minimum atomic E-state index is -1.11. The zero-order valence-electron chi connectivity index (χ0n) is 7.75. The van der Waals surface area contributed by atoms with Crippen molar-refractivity contribution in [1.29, 1.82) is 0 Å². The van der Waals surface area contributed by atoms with E-state index in [4.69, 9.17) is 10.8 Å². The number of carboxylic acid groups (broad SMARTS) is 1. The Labute approximate surface area is 84.5 Å². The van der Waals surface area contributed by atoms with Crippen LogP contribution in [-0.2, 0) is 0 Å². The Hall–Kier alpha value is -1.56. The highest BCUT2D eigenvalue weighted by Gasteiger charge is 2.21. The number of nitrogens with two attached hydrogens (primary N) is 1. The first-order valence-electron chi connectivity index (χ1n) is 3.83. The van der Waals surface area contributed by atoms with Gasteiger partial charge in [0, 0.05) is 7.05 Å². The summed E-state index contributed by atoms with van der Waals surface area (Å²) >= 11 is 0.987. The molecule has 0 saturated heterocycles. The van der Waals surface area contributed by atoms with Crippen LogP contribution in [0.15, 0.2) is 0 Å². The van der Waals surface area contributed by atoms with Gasteiger partial charge in [0.15, 0.2) is 0 Å². The molecule has 0 saturated carbocycles. The minimum absolute atomic E-state index is 0.0219. The number of amides is 1. The third-order valence-electron chi connectivity index (χ3n) is 1.82. The maximum atomic E-state index is 11.3. The molecule has 0 atom stereocenters. The molecule has 1 amide bonds. The Balaban J connectivity index is 3.30. The molecule has 0 aromatic carbocycles. The van der Waals surface area contributed by atoms with E-state index in [1.165, 1.54) is 7.05 Å². The first-order valence-corrected chi connectivity index (χ1v) is 4.65. The first kappa shape index (κ1) is 10.5. The van der Waals surface area contributed by atoms with E-state index in [9.17, 15) is 9.59 Å². The van der Waals surface area contributed by atoms with Crippen LogP contribution in [0, 0.1) is 6.92 Å². The maximum absolute atomic E-state index is 11.3. The normalized spacial score (nSPS) is 9.86. The van der Waals surface area contributed by atoms with Gasteiger partial charge in [0.2, 0.25) is 0 Å². The summed E-state index contributed by atoms with van der Waals surface area (Å²) in [7, 11) is 1.48. The molecule has 0 radical (unpaired) electrons. The van der Waals surface area contributed by atoms with Crippen molar-refractivity contribution >= 4 is 28.2 Å². The van der Waals surface area contributed by atoms with Gasteiger partial charge in [0.25, 0.3) is 5.91 Å². The van der Waals surface area contributed by atoms with E-state index in [1.54, 1.807) is 6.92 Å². The topological polar surface area (TPSA) is 92.4 Å². The van der Waals surface area contributed by atoms with Crippen LogP contribution in [-0.4, -0.2) is 24.0 Å². The van der Waals surface area contributed by atoms with Crippen molar-refractivity contribution in [2.75, 3.05) is 12.8 Å². The van der Waals surface area contributed by atoms with Gasteiger partial charge in [0.1, 0.15) is 5.00 Å². The smallest absolute Gasteiger partial charge is 0.338 e. The SMILES string of the molecule is CNC(=O)c1sc(N)c(C(=O)O)c1C. The van der Waals surface area contributed by atoms with E-state index in [0.29, 0.717) is 10.4 Å². The quantitative estimate of drug-likeness (QED) is 0.675. The second kappa shape index (κ2) is 3.67. The Kier molecular flexibility index (Phi) is 2.76. The molecular weight excluding hydrogens is 204 g/mol. The summed E-state index contributed by atoms with van der Waals surface area (Å²) in [5, 5.41) is 11.4. The molecule has 14 heavy (non-hydrogen) atoms. The first-order chi connectivity index (χ1) is 6.49. The molecule has 1 aromatic heterocycles. The van der Waals surface area contributed by atoms with Crippen LogP contribution in [0.2, 0.25) is 0 Å². The molecule has 1 rings (SSSR count). The Bertz CT molecular complexity index is 398. The molecule has 0 spiro atoms. The second-order valence-corrected chi connectivity index (χ2v) is 3.73. The van der Waals surface area contributed by atoms with Crippen LogP contribution >= 0.6 is 11.3 Å². The molecule has 4 N–H and O–H groups in total. The molecule has 0 unspecified atom stereocenters. The Morgan fingerprint density at radius 1 is 1.50 bits per heavy atom. The summed E-state index contributed by atoms with van der Waals surface area (Å²) in [5.74, 6) is -1.42. The number of thiophene rings is 1. The van der Waals surface area contributed by atoms with E-state index in [1.807, 2.05) is 0 Å². The lowest BCUT2D eigenvalue weighted by atomic mass is 10.1. The van der Waals surface area contributed by atoms with E-state index in [2.05, 4.69) is 5.32 Å². The standard InChI is InChI=1S/C8H10N2O3S/c1-3-4(8(12)13)6(9)14-5(3)7(11)10-2/h9H2,1-2H3,(H,10,11)(H,12,13). The second-order valence-electron chi connectivity index (χ2n) is 2.68. The lowest BCUT2D eigenvalue weighted by molar-refractivity contribution is 0.0698. The van der Waals surface area contributed by atoms with Gasteiger partial charge in [-0.3, -0.25) is 4.79 Å². The molecule has 1 heterocycles. The molecule has 6 heteroatoms. The van der Waals surface area contributed by atoms with Crippen molar-refractivity contribution in [2.24, 2.45) is 0 Å². The highest BCUT2D eigenvalue weighted by Crippen LogP contribution is 2.30. The number of carboxylic acids is 1. The van der Waals surface area contributed by atoms with E-state index >= 15 is 0 Å². The summed E-state index contributed by atoms with van der Waals surface area (Å²) in [6.45, 7) is 1.57. The van der Waals surface area contributed by atoms with Crippen LogP contribution in [0.3, 0.4) is 0 Å². The number of nitrogen functional groups attached to an aromatic ring is 1. The number of rotatable bonds is 2. The predicted octanol–water partition coefficient (Wildman–Crippen LogP) is 0.697. The van der Waals surface area contributed by atoms with E-state index in [-0.39, 0.29) is 16.5 Å². The van der Waals surface area contributed by atoms with Crippen LogP contribution in [0.5, 0.6) is 0 Å². The van der Waals surface area contributed by atoms with Crippen LogP contribution in [0.25, 0.3) is 0 Å². The number of carbonyl (C=O) groups excluding carboxylic acids is 1. The molecule has 5 nitrogen and oxygen atoms in total. The van der Waals surface area contributed by atoms with Gasteiger partial charge in [-0.15, -0.1) is 11.3 Å². The molecule has 1 aromatic rings. The molecule has 76 valence electrons. The number of aromatic carboxylic acids is 1. The lowest BCUT2D eigenvalue weighted by Gasteiger charge is -1.97. The summed E-state index contributed by atoms with van der Waals surface area (Å²) < 4.78 is 0. The minimum Gasteiger partial charge on any atom is -0.478 e. The molecule has 0 aliphatic heterocycles. The highest BCUT2D eigenvalue weighted by molar-refractivity contribution is 7.18. The van der Waals surface area contributed by atoms with Crippen LogP contribution < -0.4 is 11.1 Å². The number of hydrogen-bond acceptors (Lipinski definition) is 4. The maximum Gasteiger partial charge on any atom is 0.338 e. The van der Waals surface area contributed by atoms with Crippen molar-refractivity contribution in [1.82, 2.24) is 5.32 Å². The third kappa shape index (κ3) is 1.56. The van der Waals surface area contributed by atoms with Crippen molar-refractivity contribution < 1.29 is 14.7 Å². The van der Waals surface area contributed by atoms with Crippen molar-refractivity contribution in [3.8, 4) is 0 Å². The average Bonchev–Trinajstić information content (AvgIpc) is 2.40. The van der Waals surface area contributed by atoms with Crippen molar-refractivity contribution in [3.05, 3.63) is 16.0 Å². The third-order valence-corrected chi connectivity index (χ3v) is 2.94. The Morgan fingerprint density at radius 2 is 2.07 bits per heavy atom. The van der Waals surface area contributed by atoms with E-state index in [0.717, 1.165) is 11.3 Å². The lowest BCUT2D eigenvalue weighted by Crippen LogP contribution is -2.17. The highest BCUT2D eigenvalue weighted by atomic mass is 32.1. The number of anilines is 1. The Morgan fingerprint density at radius 3 is 2.43 bits per heavy atom. The van der Waals surface area contributed by atoms with Gasteiger partial charge in [-0.05, 0) is 12.5 Å². The molecule has 0 bridgehead atoms. The van der Waals surface area contributed by atoms with Crippen LogP contribution in [0.1, 0.15) is 25.6 Å². The molecule has 0 aliphatic rings. The van der Waals surface area contributed by atoms with Crippen molar-refractivity contribution in [2.45, 2.75) is 6.92 Å². The summed E-state index contributed by atoms with van der Waals surface area (Å²) in [4.78, 5) is 22.4.